The van der Waals surface area contributed by atoms with Crippen LogP contribution in [-0.4, -0.2) is 19.7 Å². The van der Waals surface area contributed by atoms with Crippen LogP contribution in [0.25, 0.3) is 0 Å². The summed E-state index contributed by atoms with van der Waals surface area (Å²) in [4.78, 5) is 0. The Labute approximate surface area is 124 Å². The molecule has 1 rings (SSSR count). The fourth-order valence-corrected chi connectivity index (χ4v) is 2.33. The van der Waals surface area contributed by atoms with E-state index in [-0.39, 0.29) is 0 Å². The van der Waals surface area contributed by atoms with Gasteiger partial charge in [0.25, 0.3) is 0 Å². The van der Waals surface area contributed by atoms with Gasteiger partial charge in [0.15, 0.2) is 0 Å². The zero-order valence-electron chi connectivity index (χ0n) is 13.3. The first-order valence-electron chi connectivity index (χ1n) is 8.23. The summed E-state index contributed by atoms with van der Waals surface area (Å²) in [5.41, 5.74) is 2.76. The molecule has 1 aromatic rings. The Kier molecular flexibility index (Phi) is 10.3. The van der Waals surface area contributed by atoms with Crippen molar-refractivity contribution in [2.75, 3.05) is 19.7 Å². The van der Waals surface area contributed by atoms with Crippen molar-refractivity contribution in [2.24, 2.45) is 0 Å². The van der Waals surface area contributed by atoms with Gasteiger partial charge in [0, 0.05) is 6.61 Å². The van der Waals surface area contributed by atoms with Crippen molar-refractivity contribution in [1.82, 2.24) is 5.32 Å². The lowest BCUT2D eigenvalue weighted by atomic mass is 10.1. The van der Waals surface area contributed by atoms with E-state index in [1.54, 1.807) is 0 Å². The number of hydrogen-bond donors (Lipinski definition) is 1. The predicted octanol–water partition coefficient (Wildman–Crippen LogP) is 4.33. The van der Waals surface area contributed by atoms with Gasteiger partial charge in [-0.15, -0.1) is 0 Å². The molecule has 0 aliphatic carbocycles. The molecule has 0 aliphatic rings. The van der Waals surface area contributed by atoms with Gasteiger partial charge in [0.1, 0.15) is 0 Å². The molecule has 114 valence electrons. The zero-order chi connectivity index (χ0) is 14.5. The van der Waals surface area contributed by atoms with Gasteiger partial charge in [-0.25, -0.2) is 0 Å². The van der Waals surface area contributed by atoms with Crippen molar-refractivity contribution >= 4 is 0 Å². The molecule has 1 aromatic carbocycles. The molecule has 0 saturated carbocycles. The number of nitrogens with one attached hydrogen (secondary N) is 1. The summed E-state index contributed by atoms with van der Waals surface area (Å²) in [6.07, 6.45) is 7.59. The predicted molar refractivity (Wildman–Crippen MR) is 87.1 cm³/mol. The Balaban J connectivity index is 2.21. The molecule has 0 spiro atoms. The molecule has 0 aliphatic heterocycles. The van der Waals surface area contributed by atoms with Gasteiger partial charge in [-0.2, -0.15) is 0 Å². The average Bonchev–Trinajstić information content (AvgIpc) is 2.48. The van der Waals surface area contributed by atoms with Crippen LogP contribution < -0.4 is 5.32 Å². The Morgan fingerprint density at radius 2 is 1.70 bits per heavy atom. The number of benzene rings is 1. The van der Waals surface area contributed by atoms with Crippen LogP contribution in [0.2, 0.25) is 0 Å². The van der Waals surface area contributed by atoms with Crippen molar-refractivity contribution in [3.8, 4) is 0 Å². The van der Waals surface area contributed by atoms with Gasteiger partial charge in [-0.1, -0.05) is 63.8 Å². The third-order valence-electron chi connectivity index (χ3n) is 3.59. The quantitative estimate of drug-likeness (QED) is 0.574. The maximum absolute atomic E-state index is 5.83. The summed E-state index contributed by atoms with van der Waals surface area (Å²) in [7, 11) is 0. The number of rotatable bonds is 12. The fourth-order valence-electron chi connectivity index (χ4n) is 2.33. The smallest absolute Gasteiger partial charge is 0.0719 e. The molecule has 0 atom stereocenters. The van der Waals surface area contributed by atoms with Gasteiger partial charge in [0.2, 0.25) is 0 Å². The van der Waals surface area contributed by atoms with Crippen LogP contribution in [0, 0.1) is 0 Å². The highest BCUT2D eigenvalue weighted by Gasteiger charge is 2.01. The first-order chi connectivity index (χ1) is 9.88. The molecule has 2 heteroatoms. The molecule has 0 radical (unpaired) electrons. The zero-order valence-corrected chi connectivity index (χ0v) is 13.3. The van der Waals surface area contributed by atoms with E-state index in [4.69, 9.17) is 4.74 Å². The molecule has 0 saturated heterocycles. The van der Waals surface area contributed by atoms with Crippen molar-refractivity contribution in [2.45, 2.75) is 59.0 Å². The molecular formula is C18H31NO. The average molecular weight is 277 g/mol. The van der Waals surface area contributed by atoms with E-state index >= 15 is 0 Å². The molecule has 0 bridgehead atoms. The second kappa shape index (κ2) is 11.9. The molecule has 0 aromatic heterocycles. The Morgan fingerprint density at radius 1 is 0.950 bits per heavy atom. The second-order valence-corrected chi connectivity index (χ2v) is 5.34. The molecule has 0 fully saturated rings. The van der Waals surface area contributed by atoms with Gasteiger partial charge < -0.3 is 10.1 Å². The number of hydrogen-bond acceptors (Lipinski definition) is 2. The summed E-state index contributed by atoms with van der Waals surface area (Å²) in [5, 5.41) is 3.38. The molecule has 0 unspecified atom stereocenters. The summed E-state index contributed by atoms with van der Waals surface area (Å²) >= 11 is 0. The summed E-state index contributed by atoms with van der Waals surface area (Å²) in [6, 6.07) is 8.64. The normalized spacial score (nSPS) is 10.9. The van der Waals surface area contributed by atoms with E-state index in [0.717, 1.165) is 32.7 Å². The standard InChI is InChI=1S/C18H31NO/c1-3-5-6-7-10-15-20-16-18-12-9-8-11-17(18)13-14-19-4-2/h8-9,11-12,19H,3-7,10,13-16H2,1-2H3. The largest absolute Gasteiger partial charge is 0.377 e. The lowest BCUT2D eigenvalue weighted by Crippen LogP contribution is -2.16. The first kappa shape index (κ1) is 17.2. The maximum Gasteiger partial charge on any atom is 0.0719 e. The molecule has 2 nitrogen and oxygen atoms in total. The molecule has 20 heavy (non-hydrogen) atoms. The third kappa shape index (κ3) is 7.66. The molecule has 0 heterocycles. The van der Waals surface area contributed by atoms with Crippen LogP contribution in [0.3, 0.4) is 0 Å². The highest BCUT2D eigenvalue weighted by atomic mass is 16.5. The number of ether oxygens (including phenoxy) is 1. The van der Waals surface area contributed by atoms with E-state index in [1.165, 1.54) is 43.2 Å². The third-order valence-corrected chi connectivity index (χ3v) is 3.59. The Bertz CT molecular complexity index is 338. The number of likely N-dealkylation sites (N-methyl/N-ethyl adjacent to an activating group) is 1. The molecule has 1 N–H and O–H groups in total. The van der Waals surface area contributed by atoms with Gasteiger partial charge in [-0.05, 0) is 37.1 Å². The topological polar surface area (TPSA) is 21.3 Å². The Morgan fingerprint density at radius 3 is 2.45 bits per heavy atom. The van der Waals surface area contributed by atoms with Gasteiger partial charge >= 0.3 is 0 Å². The van der Waals surface area contributed by atoms with Crippen molar-refractivity contribution in [1.29, 1.82) is 0 Å². The van der Waals surface area contributed by atoms with Crippen LogP contribution in [0.15, 0.2) is 24.3 Å². The van der Waals surface area contributed by atoms with Crippen molar-refractivity contribution in [3.63, 3.8) is 0 Å². The second-order valence-electron chi connectivity index (χ2n) is 5.34. The summed E-state index contributed by atoms with van der Waals surface area (Å²) < 4.78 is 5.83. The van der Waals surface area contributed by atoms with Crippen LogP contribution in [0.4, 0.5) is 0 Å². The first-order valence-corrected chi connectivity index (χ1v) is 8.23. The van der Waals surface area contributed by atoms with Crippen LogP contribution in [0.5, 0.6) is 0 Å². The van der Waals surface area contributed by atoms with Crippen molar-refractivity contribution < 1.29 is 4.74 Å². The minimum absolute atomic E-state index is 0.760. The van der Waals surface area contributed by atoms with Crippen LogP contribution >= 0.6 is 0 Å². The SMILES string of the molecule is CCCCCCCOCc1ccccc1CCNCC. The summed E-state index contributed by atoms with van der Waals surface area (Å²) in [5.74, 6) is 0. The summed E-state index contributed by atoms with van der Waals surface area (Å²) in [6.45, 7) is 8.14. The molecule has 0 amide bonds. The highest BCUT2D eigenvalue weighted by Crippen LogP contribution is 2.11. The van der Waals surface area contributed by atoms with E-state index in [0.29, 0.717) is 0 Å². The van der Waals surface area contributed by atoms with Gasteiger partial charge in [-0.3, -0.25) is 0 Å². The lowest BCUT2D eigenvalue weighted by molar-refractivity contribution is 0.116. The highest BCUT2D eigenvalue weighted by molar-refractivity contribution is 5.26. The Hall–Kier alpha value is -0.860. The lowest BCUT2D eigenvalue weighted by Gasteiger charge is -2.10. The van der Waals surface area contributed by atoms with Crippen molar-refractivity contribution in [3.05, 3.63) is 35.4 Å². The minimum Gasteiger partial charge on any atom is -0.377 e. The maximum atomic E-state index is 5.83. The van der Waals surface area contributed by atoms with Crippen LogP contribution in [-0.2, 0) is 17.8 Å². The van der Waals surface area contributed by atoms with E-state index < -0.39 is 0 Å². The monoisotopic (exact) mass is 277 g/mol. The molecular weight excluding hydrogens is 246 g/mol. The fraction of sp³-hybridized carbons (Fsp3) is 0.667. The van der Waals surface area contributed by atoms with E-state index in [9.17, 15) is 0 Å². The number of unbranched alkanes of at least 4 members (excludes halogenated alkanes) is 4. The van der Waals surface area contributed by atoms with Crippen LogP contribution in [0.1, 0.15) is 57.1 Å². The minimum atomic E-state index is 0.760. The van der Waals surface area contributed by atoms with E-state index in [1.807, 2.05) is 0 Å². The van der Waals surface area contributed by atoms with E-state index in [2.05, 4.69) is 43.4 Å². The van der Waals surface area contributed by atoms with Gasteiger partial charge in [0.05, 0.1) is 6.61 Å².